The van der Waals surface area contributed by atoms with Gasteiger partial charge in [-0.25, -0.2) is 4.39 Å². The van der Waals surface area contributed by atoms with Crippen molar-refractivity contribution in [1.82, 2.24) is 5.32 Å². The second kappa shape index (κ2) is 5.05. The maximum Gasteiger partial charge on any atom is 0.198 e. The van der Waals surface area contributed by atoms with Crippen molar-refractivity contribution in [1.29, 1.82) is 0 Å². The van der Waals surface area contributed by atoms with Crippen molar-refractivity contribution >= 4 is 15.9 Å². The van der Waals surface area contributed by atoms with Gasteiger partial charge in [0.05, 0.1) is 18.7 Å². The van der Waals surface area contributed by atoms with Crippen LogP contribution in [-0.4, -0.2) is 20.8 Å². The molecule has 18 heavy (non-hydrogen) atoms. The predicted molar refractivity (Wildman–Crippen MR) is 71.8 cm³/mol. The van der Waals surface area contributed by atoms with E-state index in [1.165, 1.54) is 14.2 Å². The maximum atomic E-state index is 14.0. The van der Waals surface area contributed by atoms with Gasteiger partial charge < -0.3 is 14.8 Å². The first-order valence-electron chi connectivity index (χ1n) is 5.89. The van der Waals surface area contributed by atoms with Crippen molar-refractivity contribution in [2.45, 2.75) is 25.3 Å². The molecule has 1 aliphatic heterocycles. The topological polar surface area (TPSA) is 30.5 Å². The lowest BCUT2D eigenvalue weighted by Gasteiger charge is -2.28. The molecule has 1 fully saturated rings. The minimum absolute atomic E-state index is 0.150. The molecule has 100 valence electrons. The van der Waals surface area contributed by atoms with E-state index in [0.29, 0.717) is 10.2 Å². The van der Waals surface area contributed by atoms with Crippen LogP contribution in [-0.2, 0) is 5.54 Å². The summed E-state index contributed by atoms with van der Waals surface area (Å²) in [6, 6.07) is 1.77. The van der Waals surface area contributed by atoms with E-state index in [-0.39, 0.29) is 11.3 Å². The highest BCUT2D eigenvalue weighted by molar-refractivity contribution is 9.10. The summed E-state index contributed by atoms with van der Waals surface area (Å²) in [5.74, 6) is 0.187. The number of halogens is 2. The quantitative estimate of drug-likeness (QED) is 0.928. The van der Waals surface area contributed by atoms with Crippen LogP contribution in [0.2, 0.25) is 0 Å². The van der Waals surface area contributed by atoms with E-state index < -0.39 is 5.82 Å². The molecule has 1 saturated heterocycles. The van der Waals surface area contributed by atoms with Gasteiger partial charge in [0.2, 0.25) is 0 Å². The molecule has 1 aromatic rings. The number of hydrogen-bond acceptors (Lipinski definition) is 3. The molecule has 1 heterocycles. The molecule has 0 spiro atoms. The van der Waals surface area contributed by atoms with Crippen molar-refractivity contribution in [3.05, 3.63) is 21.9 Å². The van der Waals surface area contributed by atoms with Crippen LogP contribution >= 0.6 is 15.9 Å². The molecule has 1 N–H and O–H groups in total. The van der Waals surface area contributed by atoms with Gasteiger partial charge in [-0.3, -0.25) is 0 Å². The zero-order valence-corrected chi connectivity index (χ0v) is 12.4. The molecule has 3 nitrogen and oxygen atoms in total. The van der Waals surface area contributed by atoms with Gasteiger partial charge in [-0.2, -0.15) is 0 Å². The third-order valence-corrected chi connectivity index (χ3v) is 4.08. The van der Waals surface area contributed by atoms with Crippen molar-refractivity contribution in [2.24, 2.45) is 0 Å². The Morgan fingerprint density at radius 3 is 2.50 bits per heavy atom. The van der Waals surface area contributed by atoms with Crippen LogP contribution in [0.5, 0.6) is 11.5 Å². The van der Waals surface area contributed by atoms with Crippen molar-refractivity contribution in [2.75, 3.05) is 20.8 Å². The third kappa shape index (κ3) is 2.10. The van der Waals surface area contributed by atoms with Crippen LogP contribution in [0.25, 0.3) is 0 Å². The van der Waals surface area contributed by atoms with Crippen LogP contribution in [0, 0.1) is 5.82 Å². The summed E-state index contributed by atoms with van der Waals surface area (Å²) in [5, 5.41) is 3.44. The minimum atomic E-state index is -0.431. The van der Waals surface area contributed by atoms with Crippen LogP contribution < -0.4 is 14.8 Å². The Bertz CT molecular complexity index is 459. The summed E-state index contributed by atoms with van der Waals surface area (Å²) in [5.41, 5.74) is 0.724. The summed E-state index contributed by atoms with van der Waals surface area (Å²) < 4.78 is 24.9. The molecule has 1 aliphatic rings. The van der Waals surface area contributed by atoms with E-state index in [0.717, 1.165) is 24.9 Å². The molecule has 2 rings (SSSR count). The molecule has 0 saturated carbocycles. The smallest absolute Gasteiger partial charge is 0.198 e. The van der Waals surface area contributed by atoms with Gasteiger partial charge in [0, 0.05) is 11.1 Å². The monoisotopic (exact) mass is 317 g/mol. The second-order valence-corrected chi connectivity index (χ2v) is 5.50. The SMILES string of the molecule is COc1c(C2(C)CCCN2)cc(Br)c(F)c1OC. The Balaban J connectivity index is 2.63. The Hall–Kier alpha value is -0.810. The fraction of sp³-hybridized carbons (Fsp3) is 0.538. The van der Waals surface area contributed by atoms with Crippen LogP contribution in [0.15, 0.2) is 10.5 Å². The van der Waals surface area contributed by atoms with E-state index in [4.69, 9.17) is 9.47 Å². The Labute approximate surface area is 115 Å². The van der Waals surface area contributed by atoms with Gasteiger partial charge in [0.15, 0.2) is 17.3 Å². The fourth-order valence-corrected chi connectivity index (χ4v) is 2.91. The lowest BCUT2D eigenvalue weighted by Crippen LogP contribution is -2.33. The molecule has 1 atom stereocenters. The summed E-state index contributed by atoms with van der Waals surface area (Å²) in [6.45, 7) is 3.05. The van der Waals surface area contributed by atoms with Crippen molar-refractivity contribution in [3.63, 3.8) is 0 Å². The predicted octanol–water partition coefficient (Wildman–Crippen LogP) is 3.20. The number of benzene rings is 1. The molecule has 0 aromatic heterocycles. The fourth-order valence-electron chi connectivity index (χ4n) is 2.51. The largest absolute Gasteiger partial charge is 0.492 e. The Kier molecular flexibility index (Phi) is 3.82. The first-order chi connectivity index (χ1) is 8.53. The zero-order chi connectivity index (χ0) is 13.3. The van der Waals surface area contributed by atoms with Gasteiger partial charge in [-0.1, -0.05) is 0 Å². The molecule has 0 bridgehead atoms. The molecule has 0 radical (unpaired) electrons. The lowest BCUT2D eigenvalue weighted by molar-refractivity contribution is 0.319. The average molecular weight is 318 g/mol. The van der Waals surface area contributed by atoms with Crippen LogP contribution in [0.4, 0.5) is 4.39 Å². The van der Waals surface area contributed by atoms with E-state index in [9.17, 15) is 4.39 Å². The van der Waals surface area contributed by atoms with Crippen LogP contribution in [0.1, 0.15) is 25.3 Å². The summed E-state index contributed by atoms with van der Waals surface area (Å²) >= 11 is 3.23. The van der Waals surface area contributed by atoms with Gasteiger partial charge in [-0.05, 0) is 48.3 Å². The van der Waals surface area contributed by atoms with E-state index in [1.807, 2.05) is 0 Å². The van der Waals surface area contributed by atoms with Gasteiger partial charge in [0.25, 0.3) is 0 Å². The standard InChI is InChI=1S/C13H17BrFNO2/c1-13(5-4-6-16-13)8-7-9(14)10(15)12(18-3)11(8)17-2/h7,16H,4-6H2,1-3H3. The van der Waals surface area contributed by atoms with E-state index >= 15 is 0 Å². The second-order valence-electron chi connectivity index (χ2n) is 4.65. The minimum Gasteiger partial charge on any atom is -0.492 e. The molecular weight excluding hydrogens is 301 g/mol. The molecule has 1 unspecified atom stereocenters. The highest BCUT2D eigenvalue weighted by atomic mass is 79.9. The third-order valence-electron chi connectivity index (χ3n) is 3.50. The number of hydrogen-bond donors (Lipinski definition) is 1. The first kappa shape index (κ1) is 13.6. The van der Waals surface area contributed by atoms with Crippen molar-refractivity contribution in [3.8, 4) is 11.5 Å². The summed E-state index contributed by atoms with van der Waals surface area (Å²) in [4.78, 5) is 0. The lowest BCUT2D eigenvalue weighted by atomic mass is 9.89. The molecular formula is C13H17BrFNO2. The van der Waals surface area contributed by atoms with Gasteiger partial charge in [0.1, 0.15) is 0 Å². The number of rotatable bonds is 3. The van der Waals surface area contributed by atoms with Gasteiger partial charge >= 0.3 is 0 Å². The van der Waals surface area contributed by atoms with Gasteiger partial charge in [-0.15, -0.1) is 0 Å². The number of methoxy groups -OCH3 is 2. The molecule has 1 aromatic carbocycles. The molecule has 5 heteroatoms. The van der Waals surface area contributed by atoms with E-state index in [2.05, 4.69) is 28.2 Å². The molecule has 0 amide bonds. The average Bonchev–Trinajstić information content (AvgIpc) is 2.80. The normalized spacial score (nSPS) is 23.2. The number of nitrogens with one attached hydrogen (secondary N) is 1. The summed E-state index contributed by atoms with van der Waals surface area (Å²) in [7, 11) is 2.98. The highest BCUT2D eigenvalue weighted by Gasteiger charge is 2.35. The Morgan fingerprint density at radius 2 is 2.00 bits per heavy atom. The summed E-state index contributed by atoms with van der Waals surface area (Å²) in [6.07, 6.45) is 2.08. The van der Waals surface area contributed by atoms with Crippen molar-refractivity contribution < 1.29 is 13.9 Å². The highest BCUT2D eigenvalue weighted by Crippen LogP contribution is 2.45. The zero-order valence-electron chi connectivity index (χ0n) is 10.8. The number of ether oxygens (including phenoxy) is 2. The molecule has 0 aliphatic carbocycles. The Morgan fingerprint density at radius 1 is 1.33 bits per heavy atom. The first-order valence-corrected chi connectivity index (χ1v) is 6.68. The van der Waals surface area contributed by atoms with Crippen LogP contribution in [0.3, 0.4) is 0 Å². The van der Waals surface area contributed by atoms with E-state index in [1.54, 1.807) is 6.07 Å². The maximum absolute atomic E-state index is 14.0.